The second-order valence-electron chi connectivity index (χ2n) is 3.57. The molecule has 0 radical (unpaired) electrons. The molecule has 2 N–H and O–H groups in total. The van der Waals surface area contributed by atoms with Gasteiger partial charge in [0, 0.05) is 6.08 Å². The topological polar surface area (TPSA) is 66.4 Å². The average Bonchev–Trinajstić information content (AvgIpc) is 2.66. The quantitative estimate of drug-likeness (QED) is 0.684. The van der Waals surface area contributed by atoms with Crippen LogP contribution in [0.2, 0.25) is 0 Å². The number of amides is 1. The van der Waals surface area contributed by atoms with Gasteiger partial charge in [0.25, 0.3) is 0 Å². The highest BCUT2D eigenvalue weighted by atomic mass is 16.4. The Bertz CT molecular complexity index is 318. The van der Waals surface area contributed by atoms with Crippen LogP contribution >= 0.6 is 0 Å². The number of carbonyl (C=O) groups is 2. The van der Waals surface area contributed by atoms with E-state index in [0.29, 0.717) is 0 Å². The maximum atomic E-state index is 11.2. The number of hydrogen-bond acceptors (Lipinski definition) is 2. The third-order valence-corrected chi connectivity index (χ3v) is 2.25. The Morgan fingerprint density at radius 3 is 2.87 bits per heavy atom. The zero-order valence-electron chi connectivity index (χ0n) is 8.69. The summed E-state index contributed by atoms with van der Waals surface area (Å²) in [6.45, 7) is 1.43. The van der Waals surface area contributed by atoms with Gasteiger partial charge in [-0.1, -0.05) is 17.7 Å². The second-order valence-corrected chi connectivity index (χ2v) is 3.57. The van der Waals surface area contributed by atoms with Crippen LogP contribution < -0.4 is 5.32 Å². The molecule has 0 aromatic heterocycles. The Morgan fingerprint density at radius 1 is 1.60 bits per heavy atom. The predicted octanol–water partition coefficient (Wildman–Crippen LogP) is 1.24. The Morgan fingerprint density at radius 2 is 2.33 bits per heavy atom. The molecule has 1 atom stereocenters. The summed E-state index contributed by atoms with van der Waals surface area (Å²) >= 11 is 0. The van der Waals surface area contributed by atoms with Crippen LogP contribution in [0, 0.1) is 0 Å². The molecule has 0 fully saturated rings. The monoisotopic (exact) mass is 209 g/mol. The van der Waals surface area contributed by atoms with Gasteiger partial charge in [-0.15, -0.1) is 0 Å². The number of carbonyl (C=O) groups excluding carboxylic acids is 1. The molecule has 4 heteroatoms. The van der Waals surface area contributed by atoms with Gasteiger partial charge in [-0.05, 0) is 26.2 Å². The standard InChI is InChI=1S/C11H15NO3/c1-8(11(14)15)12-10(13)7-6-9-4-2-3-5-9/h4,6-8H,2-3,5H2,1H3,(H,12,13)(H,14,15)/b7-6+/t8-/m1/s1. The molecule has 15 heavy (non-hydrogen) atoms. The molecule has 1 aliphatic carbocycles. The summed E-state index contributed by atoms with van der Waals surface area (Å²) in [5.74, 6) is -1.39. The van der Waals surface area contributed by atoms with Crippen LogP contribution in [0.1, 0.15) is 26.2 Å². The van der Waals surface area contributed by atoms with E-state index in [9.17, 15) is 9.59 Å². The van der Waals surface area contributed by atoms with Crippen molar-refractivity contribution in [2.45, 2.75) is 32.2 Å². The van der Waals surface area contributed by atoms with Crippen LogP contribution in [0.15, 0.2) is 23.8 Å². The summed E-state index contributed by atoms with van der Waals surface area (Å²) in [6, 6.07) is -0.847. The Hall–Kier alpha value is -1.58. The summed E-state index contributed by atoms with van der Waals surface area (Å²) < 4.78 is 0. The zero-order chi connectivity index (χ0) is 11.3. The van der Waals surface area contributed by atoms with E-state index in [4.69, 9.17) is 5.11 Å². The van der Waals surface area contributed by atoms with Crippen LogP contribution in [0.3, 0.4) is 0 Å². The van der Waals surface area contributed by atoms with Gasteiger partial charge in [0.2, 0.25) is 5.91 Å². The third-order valence-electron chi connectivity index (χ3n) is 2.25. The summed E-state index contributed by atoms with van der Waals surface area (Å²) in [5.41, 5.74) is 1.15. The highest BCUT2D eigenvalue weighted by Gasteiger charge is 2.11. The summed E-state index contributed by atoms with van der Waals surface area (Å²) in [4.78, 5) is 21.7. The molecule has 4 nitrogen and oxygen atoms in total. The molecular weight excluding hydrogens is 194 g/mol. The van der Waals surface area contributed by atoms with Gasteiger partial charge in [0.05, 0.1) is 0 Å². The molecule has 0 spiro atoms. The molecule has 1 amide bonds. The fourth-order valence-corrected chi connectivity index (χ4v) is 1.35. The number of carboxylic acids is 1. The third kappa shape index (κ3) is 3.97. The minimum absolute atomic E-state index is 0.363. The highest BCUT2D eigenvalue weighted by Crippen LogP contribution is 2.17. The van der Waals surface area contributed by atoms with E-state index < -0.39 is 12.0 Å². The number of hydrogen-bond donors (Lipinski definition) is 2. The SMILES string of the molecule is C[C@@H](NC(=O)/C=C/C1=CCCC1)C(=O)O. The molecule has 1 rings (SSSR count). The number of aliphatic carboxylic acids is 1. The van der Waals surface area contributed by atoms with Gasteiger partial charge in [0.1, 0.15) is 6.04 Å². The van der Waals surface area contributed by atoms with Crippen molar-refractivity contribution in [3.8, 4) is 0 Å². The lowest BCUT2D eigenvalue weighted by Crippen LogP contribution is -2.37. The predicted molar refractivity (Wildman–Crippen MR) is 56.3 cm³/mol. The van der Waals surface area contributed by atoms with Gasteiger partial charge >= 0.3 is 5.97 Å². The van der Waals surface area contributed by atoms with Crippen molar-refractivity contribution in [2.24, 2.45) is 0 Å². The van der Waals surface area contributed by atoms with Gasteiger partial charge in [0.15, 0.2) is 0 Å². The van der Waals surface area contributed by atoms with Crippen molar-refractivity contribution in [1.29, 1.82) is 0 Å². The molecule has 82 valence electrons. The summed E-state index contributed by atoms with van der Waals surface area (Å²) in [6.07, 6.45) is 8.41. The lowest BCUT2D eigenvalue weighted by Gasteiger charge is -2.05. The molecular formula is C11H15NO3. The molecule has 0 unspecified atom stereocenters. The number of nitrogens with one attached hydrogen (secondary N) is 1. The van der Waals surface area contributed by atoms with Crippen molar-refractivity contribution in [2.75, 3.05) is 0 Å². The van der Waals surface area contributed by atoms with E-state index in [1.807, 2.05) is 0 Å². The first kappa shape index (κ1) is 11.5. The normalized spacial score (nSPS) is 17.5. The van der Waals surface area contributed by atoms with Crippen LogP contribution in [-0.4, -0.2) is 23.0 Å². The second kappa shape index (κ2) is 5.34. The van der Waals surface area contributed by atoms with E-state index in [1.54, 1.807) is 6.08 Å². The molecule has 0 saturated heterocycles. The molecule has 0 saturated carbocycles. The summed E-state index contributed by atoms with van der Waals surface area (Å²) in [5, 5.41) is 10.9. The number of rotatable bonds is 4. The van der Waals surface area contributed by atoms with Crippen molar-refractivity contribution in [1.82, 2.24) is 5.32 Å². The van der Waals surface area contributed by atoms with E-state index in [1.165, 1.54) is 13.0 Å². The maximum absolute atomic E-state index is 11.2. The van der Waals surface area contributed by atoms with Crippen molar-refractivity contribution >= 4 is 11.9 Å². The first-order valence-corrected chi connectivity index (χ1v) is 5.00. The fraction of sp³-hybridized carbons (Fsp3) is 0.455. The molecule has 0 bridgehead atoms. The van der Waals surface area contributed by atoms with Crippen LogP contribution in [0.4, 0.5) is 0 Å². The first-order valence-electron chi connectivity index (χ1n) is 5.00. The highest BCUT2D eigenvalue weighted by molar-refractivity contribution is 5.91. The molecule has 0 heterocycles. The summed E-state index contributed by atoms with van der Waals surface area (Å²) in [7, 11) is 0. The molecule has 1 aliphatic rings. The van der Waals surface area contributed by atoms with Crippen LogP contribution in [0.25, 0.3) is 0 Å². The lowest BCUT2D eigenvalue weighted by atomic mass is 10.2. The van der Waals surface area contributed by atoms with Gasteiger partial charge in [-0.3, -0.25) is 9.59 Å². The van der Waals surface area contributed by atoms with Gasteiger partial charge < -0.3 is 10.4 Å². The average molecular weight is 209 g/mol. The van der Waals surface area contributed by atoms with Crippen molar-refractivity contribution < 1.29 is 14.7 Å². The number of carboxylic acid groups (broad SMARTS) is 1. The van der Waals surface area contributed by atoms with Crippen LogP contribution in [0.5, 0.6) is 0 Å². The zero-order valence-corrected chi connectivity index (χ0v) is 8.69. The van der Waals surface area contributed by atoms with E-state index in [0.717, 1.165) is 24.8 Å². The van der Waals surface area contributed by atoms with E-state index >= 15 is 0 Å². The Balaban J connectivity index is 2.38. The molecule has 0 aromatic rings. The fourth-order valence-electron chi connectivity index (χ4n) is 1.35. The molecule has 0 aromatic carbocycles. The first-order chi connectivity index (χ1) is 7.09. The van der Waals surface area contributed by atoms with Gasteiger partial charge in [-0.25, -0.2) is 0 Å². The van der Waals surface area contributed by atoms with Crippen molar-refractivity contribution in [3.05, 3.63) is 23.8 Å². The minimum Gasteiger partial charge on any atom is -0.480 e. The van der Waals surface area contributed by atoms with E-state index in [-0.39, 0.29) is 5.91 Å². The largest absolute Gasteiger partial charge is 0.480 e. The Labute approximate surface area is 88.7 Å². The number of allylic oxidation sites excluding steroid dienone is 3. The Kier molecular flexibility index (Phi) is 4.09. The maximum Gasteiger partial charge on any atom is 0.325 e. The lowest BCUT2D eigenvalue weighted by molar-refractivity contribution is -0.140. The molecule has 0 aliphatic heterocycles. The van der Waals surface area contributed by atoms with E-state index in [2.05, 4.69) is 11.4 Å². The smallest absolute Gasteiger partial charge is 0.325 e. The van der Waals surface area contributed by atoms with Crippen LogP contribution in [-0.2, 0) is 9.59 Å². The van der Waals surface area contributed by atoms with Gasteiger partial charge in [-0.2, -0.15) is 0 Å². The van der Waals surface area contributed by atoms with Crippen molar-refractivity contribution in [3.63, 3.8) is 0 Å². The minimum atomic E-state index is -1.03.